The highest BCUT2D eigenvalue weighted by Crippen LogP contribution is 2.38. The zero-order valence-electron chi connectivity index (χ0n) is 23.4. The van der Waals surface area contributed by atoms with E-state index in [1.165, 1.54) is 72.8 Å². The van der Waals surface area contributed by atoms with E-state index in [2.05, 4.69) is 5.32 Å². The topological polar surface area (TPSA) is 233 Å². The summed E-state index contributed by atoms with van der Waals surface area (Å²) in [5.41, 5.74) is 5.11. The lowest BCUT2D eigenvalue weighted by atomic mass is 9.82. The highest BCUT2D eigenvalue weighted by Gasteiger charge is 2.39. The summed E-state index contributed by atoms with van der Waals surface area (Å²) in [5, 5.41) is 36.3. The Kier molecular flexibility index (Phi) is 8.24. The second-order valence-corrected chi connectivity index (χ2v) is 10.7. The number of esters is 1. The number of nitro groups is 3. The Morgan fingerprint density at radius 3 is 2.04 bits per heavy atom. The van der Waals surface area contributed by atoms with E-state index in [-0.39, 0.29) is 54.5 Å². The molecule has 46 heavy (non-hydrogen) atoms. The summed E-state index contributed by atoms with van der Waals surface area (Å²) in [6.07, 6.45) is 1.42. The van der Waals surface area contributed by atoms with Crippen molar-refractivity contribution in [1.29, 1.82) is 0 Å². The number of carbonyl (C=O) groups excluding carboxylic acids is 2. The van der Waals surface area contributed by atoms with Crippen LogP contribution >= 0.6 is 11.3 Å². The number of hydrogen-bond donors (Lipinski definition) is 2. The van der Waals surface area contributed by atoms with Gasteiger partial charge in [-0.25, -0.2) is 4.79 Å². The van der Waals surface area contributed by atoms with Crippen LogP contribution in [0.3, 0.4) is 0 Å². The van der Waals surface area contributed by atoms with Crippen molar-refractivity contribution in [2.75, 3.05) is 12.4 Å². The number of thiazole rings is 1. The Hall–Kier alpha value is -6.49. The first-order valence-electron chi connectivity index (χ1n) is 13.0. The minimum absolute atomic E-state index is 0.00500. The third-order valence-electron chi connectivity index (χ3n) is 6.95. The van der Waals surface area contributed by atoms with Crippen LogP contribution in [-0.2, 0) is 14.3 Å². The molecule has 0 bridgehead atoms. The first-order chi connectivity index (χ1) is 21.9. The lowest BCUT2D eigenvalue weighted by molar-refractivity contribution is -0.385. The molecule has 5 rings (SSSR count). The number of carbonyl (C=O) groups is 2. The van der Waals surface area contributed by atoms with Gasteiger partial charge in [0.2, 0.25) is 0 Å². The molecule has 2 heterocycles. The number of nitrogens with zero attached hydrogens (tertiary/aromatic N) is 4. The van der Waals surface area contributed by atoms with E-state index in [9.17, 15) is 44.7 Å². The van der Waals surface area contributed by atoms with Crippen molar-refractivity contribution >= 4 is 63.4 Å². The fourth-order valence-electron chi connectivity index (χ4n) is 4.84. The first-order valence-corrected chi connectivity index (χ1v) is 13.8. The number of methoxy groups -OCH3 is 1. The van der Waals surface area contributed by atoms with Gasteiger partial charge < -0.3 is 15.8 Å². The fourth-order valence-corrected chi connectivity index (χ4v) is 6.01. The van der Waals surface area contributed by atoms with Crippen molar-refractivity contribution in [1.82, 2.24) is 4.57 Å². The second kappa shape index (κ2) is 12.2. The van der Waals surface area contributed by atoms with Crippen molar-refractivity contribution < 1.29 is 29.1 Å². The number of anilines is 1. The molecule has 0 saturated carbocycles. The van der Waals surface area contributed by atoms with E-state index in [1.54, 1.807) is 0 Å². The summed E-state index contributed by atoms with van der Waals surface area (Å²) >= 11 is 0.834. The molecule has 0 fully saturated rings. The van der Waals surface area contributed by atoms with E-state index in [1.807, 2.05) is 0 Å². The average Bonchev–Trinajstić information content (AvgIpc) is 3.36. The normalized spacial score (nSPS) is 14.4. The highest BCUT2D eigenvalue weighted by molar-refractivity contribution is 7.07. The molecule has 0 radical (unpaired) electrons. The summed E-state index contributed by atoms with van der Waals surface area (Å²) in [5.74, 6) is -3.53. The average molecular weight is 645 g/mol. The SMILES string of the molecule is COC(=O)C1=C(N)n2c(s/c(=C/c3ccc([N+](=O)[O-])cc3)c2=O)=C(C(=O)Nc2cccc([N+](=O)[O-])c2)C1c1ccc([N+](=O)[O-])cc1. The van der Waals surface area contributed by atoms with Crippen molar-refractivity contribution in [2.24, 2.45) is 5.73 Å². The summed E-state index contributed by atoms with van der Waals surface area (Å²) in [6, 6.07) is 15.4. The molecule has 0 aliphatic carbocycles. The van der Waals surface area contributed by atoms with Gasteiger partial charge in [-0.05, 0) is 35.4 Å². The maximum absolute atomic E-state index is 14.1. The fraction of sp³-hybridized carbons (Fsp3) is 0.0690. The Morgan fingerprint density at radius 1 is 0.891 bits per heavy atom. The number of nitro benzene ring substituents is 3. The second-order valence-electron chi connectivity index (χ2n) is 9.65. The van der Waals surface area contributed by atoms with Gasteiger partial charge in [-0.15, -0.1) is 11.3 Å². The lowest BCUT2D eigenvalue weighted by Crippen LogP contribution is -2.42. The van der Waals surface area contributed by atoms with Gasteiger partial charge in [-0.2, -0.15) is 0 Å². The van der Waals surface area contributed by atoms with Gasteiger partial charge in [0.1, 0.15) is 10.5 Å². The number of nitrogens with two attached hydrogens (primary N) is 1. The Bertz CT molecular complexity index is 2170. The number of hydrogen-bond acceptors (Lipinski definition) is 12. The van der Waals surface area contributed by atoms with Crippen LogP contribution < -0.4 is 25.8 Å². The van der Waals surface area contributed by atoms with Crippen molar-refractivity contribution in [2.45, 2.75) is 5.92 Å². The third-order valence-corrected chi connectivity index (χ3v) is 8.06. The maximum Gasteiger partial charge on any atom is 0.338 e. The number of aromatic nitrogens is 1. The van der Waals surface area contributed by atoms with Crippen molar-refractivity contribution in [3.63, 3.8) is 0 Å². The number of nitrogens with one attached hydrogen (secondary N) is 1. The lowest BCUT2D eigenvalue weighted by Gasteiger charge is -2.27. The van der Waals surface area contributed by atoms with Crippen molar-refractivity contribution in [3.05, 3.63) is 139 Å². The monoisotopic (exact) mass is 644 g/mol. The van der Waals surface area contributed by atoms with Gasteiger partial charge in [-0.3, -0.25) is 44.5 Å². The van der Waals surface area contributed by atoms with Gasteiger partial charge >= 0.3 is 5.97 Å². The number of non-ortho nitro benzene ring substituents is 3. The van der Waals surface area contributed by atoms with Gasteiger partial charge in [0.15, 0.2) is 0 Å². The zero-order valence-corrected chi connectivity index (χ0v) is 24.3. The summed E-state index contributed by atoms with van der Waals surface area (Å²) in [6.45, 7) is 0. The number of fused-ring (bicyclic) bond motifs is 1. The standard InChI is InChI=1S/C29H20N6O10S/c1-45-29(38)23-22(16-7-11-19(12-8-16)34(41)42)24(26(36)31-17-3-2-4-20(14-17)35(43)44)28-32(25(23)30)27(37)21(46-28)13-15-5-9-18(10-6-15)33(39)40/h2-14,22H,30H2,1H3,(H,31,36)/b21-13+. The van der Waals surface area contributed by atoms with E-state index in [0.29, 0.717) is 5.56 Å². The molecule has 16 nitrogen and oxygen atoms in total. The van der Waals surface area contributed by atoms with Gasteiger partial charge in [0.05, 0.1) is 43.5 Å². The highest BCUT2D eigenvalue weighted by atomic mass is 32.1. The third kappa shape index (κ3) is 5.72. The molecule has 0 spiro atoms. The van der Waals surface area contributed by atoms with Gasteiger partial charge in [0.25, 0.3) is 28.5 Å². The van der Waals surface area contributed by atoms with Crippen LogP contribution in [0.5, 0.6) is 0 Å². The van der Waals surface area contributed by atoms with E-state index in [4.69, 9.17) is 10.5 Å². The Morgan fingerprint density at radius 2 is 1.48 bits per heavy atom. The van der Waals surface area contributed by atoms with Crippen LogP contribution in [0.25, 0.3) is 17.5 Å². The van der Waals surface area contributed by atoms with Crippen LogP contribution in [-0.4, -0.2) is 38.3 Å². The molecule has 3 aromatic carbocycles. The van der Waals surface area contributed by atoms with Crippen LogP contribution in [0, 0.1) is 30.3 Å². The molecule has 1 amide bonds. The van der Waals surface area contributed by atoms with Crippen LogP contribution in [0.4, 0.5) is 22.7 Å². The zero-order chi connectivity index (χ0) is 33.3. The quantitative estimate of drug-likeness (QED) is 0.160. The molecule has 1 aliphatic rings. The molecule has 4 aromatic rings. The molecule has 0 saturated heterocycles. The van der Waals surface area contributed by atoms with Crippen LogP contribution in [0.15, 0.2) is 83.2 Å². The maximum atomic E-state index is 14.1. The van der Waals surface area contributed by atoms with Crippen molar-refractivity contribution in [3.8, 4) is 0 Å². The van der Waals surface area contributed by atoms with E-state index >= 15 is 0 Å². The molecular weight excluding hydrogens is 624 g/mol. The molecule has 3 N–H and O–H groups in total. The number of benzene rings is 3. The van der Waals surface area contributed by atoms with Crippen LogP contribution in [0.1, 0.15) is 17.0 Å². The number of ether oxygens (including phenoxy) is 1. The predicted molar refractivity (Wildman–Crippen MR) is 165 cm³/mol. The molecule has 17 heteroatoms. The minimum Gasteiger partial charge on any atom is -0.466 e. The molecule has 232 valence electrons. The summed E-state index contributed by atoms with van der Waals surface area (Å²) < 4.78 is 5.96. The molecule has 1 unspecified atom stereocenters. The smallest absolute Gasteiger partial charge is 0.338 e. The van der Waals surface area contributed by atoms with Crippen LogP contribution in [0.2, 0.25) is 0 Å². The van der Waals surface area contributed by atoms with Gasteiger partial charge in [-0.1, -0.05) is 18.2 Å². The van der Waals surface area contributed by atoms with Gasteiger partial charge in [0, 0.05) is 42.1 Å². The number of rotatable bonds is 8. The molecular formula is C29H20N6O10S. The molecule has 1 aliphatic heterocycles. The largest absolute Gasteiger partial charge is 0.466 e. The van der Waals surface area contributed by atoms with E-state index in [0.717, 1.165) is 29.1 Å². The Balaban J connectivity index is 1.80. The minimum atomic E-state index is -1.31. The first kappa shape index (κ1) is 31.0. The summed E-state index contributed by atoms with van der Waals surface area (Å²) in [4.78, 5) is 72.9. The summed E-state index contributed by atoms with van der Waals surface area (Å²) in [7, 11) is 1.07. The predicted octanol–water partition coefficient (Wildman–Crippen LogP) is 2.35. The number of amides is 1. The molecule has 1 aromatic heterocycles. The Labute approximate surface area is 260 Å². The molecule has 1 atom stereocenters. The van der Waals surface area contributed by atoms with E-state index < -0.39 is 38.1 Å².